The van der Waals surface area contributed by atoms with Gasteiger partial charge in [-0.3, -0.25) is 4.72 Å². The molecule has 18 heavy (non-hydrogen) atoms. The molecule has 0 aromatic heterocycles. The van der Waals surface area contributed by atoms with E-state index >= 15 is 0 Å². The Balaban J connectivity index is 3.12. The van der Waals surface area contributed by atoms with Crippen molar-refractivity contribution in [2.75, 3.05) is 11.0 Å². The Bertz CT molecular complexity index is 604. The molecule has 0 spiro atoms. The van der Waals surface area contributed by atoms with Crippen molar-refractivity contribution in [3.63, 3.8) is 0 Å². The fourth-order valence-corrected chi connectivity index (χ4v) is 2.35. The minimum atomic E-state index is -3.24. The van der Waals surface area contributed by atoms with Crippen molar-refractivity contribution in [1.82, 2.24) is 0 Å². The van der Waals surface area contributed by atoms with Crippen LogP contribution in [-0.2, 0) is 10.0 Å². The molecule has 1 rings (SSSR count). The Hall–Kier alpha value is -1.25. The molecule has 0 saturated heterocycles. The highest BCUT2D eigenvalue weighted by Crippen LogP contribution is 2.15. The summed E-state index contributed by atoms with van der Waals surface area (Å²) in [6.45, 7) is 8.49. The molecule has 0 bridgehead atoms. The highest BCUT2D eigenvalue weighted by Gasteiger charge is 2.08. The van der Waals surface area contributed by atoms with Crippen LogP contribution in [0.5, 0.6) is 0 Å². The molecule has 0 aliphatic carbocycles. The van der Waals surface area contributed by atoms with Gasteiger partial charge in [0.15, 0.2) is 0 Å². The van der Waals surface area contributed by atoms with E-state index in [9.17, 15) is 8.42 Å². The van der Waals surface area contributed by atoms with E-state index in [0.717, 1.165) is 17.4 Å². The van der Waals surface area contributed by atoms with Gasteiger partial charge in [0.25, 0.3) is 0 Å². The van der Waals surface area contributed by atoms with Crippen LogP contribution in [0, 0.1) is 18.4 Å². The summed E-state index contributed by atoms with van der Waals surface area (Å²) in [6.07, 6.45) is 1.14. The van der Waals surface area contributed by atoms with E-state index in [2.05, 4.69) is 35.8 Å². The van der Waals surface area contributed by atoms with Crippen molar-refractivity contribution in [2.45, 2.75) is 26.6 Å². The Morgan fingerprint density at radius 3 is 2.33 bits per heavy atom. The Labute approximate surface area is 111 Å². The predicted octanol–water partition coefficient (Wildman–Crippen LogP) is 2.60. The summed E-state index contributed by atoms with van der Waals surface area (Å²) in [5, 5.41) is 0. The molecule has 0 aliphatic heterocycles. The van der Waals surface area contributed by atoms with Crippen molar-refractivity contribution in [2.24, 2.45) is 0 Å². The van der Waals surface area contributed by atoms with Gasteiger partial charge in [-0.1, -0.05) is 31.6 Å². The van der Waals surface area contributed by atoms with Crippen molar-refractivity contribution in [3.05, 3.63) is 29.3 Å². The van der Waals surface area contributed by atoms with E-state index in [0.29, 0.717) is 5.69 Å². The number of anilines is 1. The van der Waals surface area contributed by atoms with Crippen LogP contribution in [-0.4, -0.2) is 22.7 Å². The lowest BCUT2D eigenvalue weighted by atomic mass is 10.1. The third kappa shape index (κ3) is 5.39. The fourth-order valence-electron chi connectivity index (χ4n) is 1.29. The Morgan fingerprint density at radius 1 is 1.22 bits per heavy atom. The van der Waals surface area contributed by atoms with Gasteiger partial charge in [0.1, 0.15) is 8.07 Å². The smallest absolute Gasteiger partial charge is 0.229 e. The number of hydrogen-bond acceptors (Lipinski definition) is 2. The van der Waals surface area contributed by atoms with Crippen molar-refractivity contribution < 1.29 is 8.42 Å². The summed E-state index contributed by atoms with van der Waals surface area (Å²) in [6, 6.07) is 5.40. The van der Waals surface area contributed by atoms with Crippen LogP contribution < -0.4 is 4.72 Å². The molecule has 0 saturated carbocycles. The molecule has 3 nitrogen and oxygen atoms in total. The van der Waals surface area contributed by atoms with Gasteiger partial charge in [0, 0.05) is 11.3 Å². The quantitative estimate of drug-likeness (QED) is 0.669. The van der Waals surface area contributed by atoms with Crippen LogP contribution in [0.3, 0.4) is 0 Å². The second kappa shape index (κ2) is 5.17. The number of hydrogen-bond donors (Lipinski definition) is 1. The van der Waals surface area contributed by atoms with Crippen LogP contribution in [0.4, 0.5) is 5.69 Å². The predicted molar refractivity (Wildman–Crippen MR) is 79.9 cm³/mol. The Morgan fingerprint density at radius 2 is 1.83 bits per heavy atom. The molecule has 1 aromatic rings. The molecule has 0 atom stereocenters. The van der Waals surface area contributed by atoms with E-state index in [4.69, 9.17) is 0 Å². The fraction of sp³-hybridized carbons (Fsp3) is 0.385. The molecule has 98 valence electrons. The number of rotatable bonds is 2. The van der Waals surface area contributed by atoms with Gasteiger partial charge in [-0.25, -0.2) is 8.42 Å². The summed E-state index contributed by atoms with van der Waals surface area (Å²) in [5.74, 6) is 3.16. The summed E-state index contributed by atoms with van der Waals surface area (Å²) < 4.78 is 24.8. The molecule has 1 aromatic carbocycles. The molecule has 1 N–H and O–H groups in total. The maximum absolute atomic E-state index is 11.2. The first-order valence-corrected chi connectivity index (χ1v) is 11.1. The molecule has 0 radical (unpaired) electrons. The molecule has 5 heteroatoms. The summed E-state index contributed by atoms with van der Waals surface area (Å²) >= 11 is 0. The minimum Gasteiger partial charge on any atom is -0.284 e. The zero-order valence-electron chi connectivity index (χ0n) is 11.5. The lowest BCUT2D eigenvalue weighted by molar-refractivity contribution is 0.607. The topological polar surface area (TPSA) is 46.2 Å². The van der Waals surface area contributed by atoms with Crippen LogP contribution >= 0.6 is 0 Å². The monoisotopic (exact) mass is 281 g/mol. The van der Waals surface area contributed by atoms with Crippen molar-refractivity contribution in [1.29, 1.82) is 0 Å². The average molecular weight is 281 g/mol. The van der Waals surface area contributed by atoms with Crippen LogP contribution in [0.2, 0.25) is 19.6 Å². The zero-order valence-corrected chi connectivity index (χ0v) is 13.3. The van der Waals surface area contributed by atoms with E-state index in [1.807, 2.05) is 13.0 Å². The average Bonchev–Trinajstić information content (AvgIpc) is 2.15. The van der Waals surface area contributed by atoms with Gasteiger partial charge in [0.2, 0.25) is 10.0 Å². The molecule has 0 fully saturated rings. The molecule has 0 heterocycles. The molecular weight excluding hydrogens is 262 g/mol. The standard InChI is InChI=1S/C13H19NO2SSi/c1-11-6-7-13(14-17(2,15)16)10-12(11)8-9-18(3,4)5/h6-7,10,14H,1-5H3. The molecule has 0 unspecified atom stereocenters. The molecule has 0 amide bonds. The maximum Gasteiger partial charge on any atom is 0.229 e. The molecular formula is C13H19NO2SSi. The third-order valence-electron chi connectivity index (χ3n) is 2.11. The number of nitrogens with one attached hydrogen (secondary N) is 1. The van der Waals surface area contributed by atoms with Gasteiger partial charge in [-0.2, -0.15) is 0 Å². The minimum absolute atomic E-state index is 0.558. The van der Waals surface area contributed by atoms with Gasteiger partial charge in [0.05, 0.1) is 6.26 Å². The number of benzene rings is 1. The van der Waals surface area contributed by atoms with E-state index in [-0.39, 0.29) is 0 Å². The summed E-state index contributed by atoms with van der Waals surface area (Å²) in [4.78, 5) is 0. The highest BCUT2D eigenvalue weighted by molar-refractivity contribution is 7.92. The molecule has 0 aliphatic rings. The Kier molecular flexibility index (Phi) is 4.25. The van der Waals surface area contributed by atoms with Gasteiger partial charge in [-0.05, 0) is 24.6 Å². The van der Waals surface area contributed by atoms with Crippen LogP contribution in [0.1, 0.15) is 11.1 Å². The lowest BCUT2D eigenvalue weighted by Crippen LogP contribution is -2.16. The SMILES string of the molecule is Cc1ccc(NS(C)(=O)=O)cc1C#C[Si](C)(C)C. The zero-order chi connectivity index (χ0) is 14.0. The van der Waals surface area contributed by atoms with Crippen molar-refractivity contribution >= 4 is 23.8 Å². The van der Waals surface area contributed by atoms with E-state index in [1.165, 1.54) is 0 Å². The van der Waals surface area contributed by atoms with E-state index in [1.54, 1.807) is 12.1 Å². The van der Waals surface area contributed by atoms with Crippen LogP contribution in [0.25, 0.3) is 0 Å². The first kappa shape index (κ1) is 14.8. The first-order valence-electron chi connectivity index (χ1n) is 5.68. The number of sulfonamides is 1. The van der Waals surface area contributed by atoms with Gasteiger partial charge < -0.3 is 0 Å². The van der Waals surface area contributed by atoms with Crippen molar-refractivity contribution in [3.8, 4) is 11.5 Å². The summed E-state index contributed by atoms with van der Waals surface area (Å²) in [5.41, 5.74) is 5.78. The first-order chi connectivity index (χ1) is 8.07. The van der Waals surface area contributed by atoms with Gasteiger partial charge in [-0.15, -0.1) is 5.54 Å². The summed E-state index contributed by atoms with van der Waals surface area (Å²) in [7, 11) is -4.67. The van der Waals surface area contributed by atoms with Gasteiger partial charge >= 0.3 is 0 Å². The van der Waals surface area contributed by atoms with Crippen LogP contribution in [0.15, 0.2) is 18.2 Å². The second-order valence-electron chi connectivity index (χ2n) is 5.40. The second-order valence-corrected chi connectivity index (χ2v) is 11.9. The largest absolute Gasteiger partial charge is 0.284 e. The normalized spacial score (nSPS) is 11.6. The maximum atomic E-state index is 11.2. The highest BCUT2D eigenvalue weighted by atomic mass is 32.2. The lowest BCUT2D eigenvalue weighted by Gasteiger charge is -2.07. The number of aryl methyl sites for hydroxylation is 1. The van der Waals surface area contributed by atoms with E-state index < -0.39 is 18.1 Å². The third-order valence-corrected chi connectivity index (χ3v) is 3.59.